The van der Waals surface area contributed by atoms with E-state index in [1.54, 1.807) is 18.3 Å². The van der Waals surface area contributed by atoms with Gasteiger partial charge in [0.15, 0.2) is 0 Å². The van der Waals surface area contributed by atoms with Crippen molar-refractivity contribution in [2.24, 2.45) is 5.92 Å². The quantitative estimate of drug-likeness (QED) is 0.859. The lowest BCUT2D eigenvalue weighted by Crippen LogP contribution is -2.41. The van der Waals surface area contributed by atoms with Crippen molar-refractivity contribution in [3.63, 3.8) is 0 Å². The Morgan fingerprint density at radius 2 is 2.05 bits per heavy atom. The first kappa shape index (κ1) is 16.6. The average Bonchev–Trinajstić information content (AvgIpc) is 2.98. The van der Waals surface area contributed by atoms with E-state index < -0.39 is 5.60 Å². The summed E-state index contributed by atoms with van der Waals surface area (Å²) >= 11 is 1.63. The van der Waals surface area contributed by atoms with E-state index in [0.29, 0.717) is 12.0 Å². The van der Waals surface area contributed by atoms with E-state index >= 15 is 0 Å². The van der Waals surface area contributed by atoms with Gasteiger partial charge in [0.25, 0.3) is 0 Å². The fraction of sp³-hybridized carbons (Fsp3) is 0.353. The number of benzene rings is 1. The minimum atomic E-state index is -1.23. The largest absolute Gasteiger partial charge is 0.384 e. The molecule has 0 aliphatic heterocycles. The summed E-state index contributed by atoms with van der Waals surface area (Å²) in [6.45, 7) is 3.55. The van der Waals surface area contributed by atoms with Gasteiger partial charge in [-0.25, -0.2) is 4.39 Å². The monoisotopic (exact) mass is 321 g/mol. The highest BCUT2D eigenvalue weighted by atomic mass is 32.1. The maximum atomic E-state index is 12.9. The number of rotatable bonds is 6. The van der Waals surface area contributed by atoms with Crippen molar-refractivity contribution < 1.29 is 14.3 Å². The molecular weight excluding hydrogens is 301 g/mol. The van der Waals surface area contributed by atoms with Gasteiger partial charge in [-0.15, -0.1) is 11.3 Å². The number of halogens is 1. The predicted octanol–water partition coefficient (Wildman–Crippen LogP) is 3.09. The Balaban J connectivity index is 1.90. The molecule has 0 radical (unpaired) electrons. The molecule has 0 fully saturated rings. The van der Waals surface area contributed by atoms with Crippen LogP contribution in [0.3, 0.4) is 0 Å². The van der Waals surface area contributed by atoms with Gasteiger partial charge in [-0.3, -0.25) is 4.79 Å². The molecule has 0 spiro atoms. The highest BCUT2D eigenvalue weighted by molar-refractivity contribution is 7.09. The van der Waals surface area contributed by atoms with Gasteiger partial charge in [-0.1, -0.05) is 25.1 Å². The first-order chi connectivity index (χ1) is 10.4. The summed E-state index contributed by atoms with van der Waals surface area (Å²) in [4.78, 5) is 13.3. The zero-order valence-corrected chi connectivity index (χ0v) is 13.5. The number of hydrogen-bond donors (Lipinski definition) is 2. The van der Waals surface area contributed by atoms with E-state index in [0.717, 1.165) is 4.88 Å². The highest BCUT2D eigenvalue weighted by Gasteiger charge is 2.25. The molecule has 2 unspecified atom stereocenters. The minimum absolute atomic E-state index is 0.0895. The predicted molar refractivity (Wildman–Crippen MR) is 86.2 cm³/mol. The molecule has 1 aromatic carbocycles. The molecule has 118 valence electrons. The Labute approximate surface area is 133 Å². The van der Waals surface area contributed by atoms with Gasteiger partial charge >= 0.3 is 0 Å². The van der Waals surface area contributed by atoms with Crippen LogP contribution in [0.1, 0.15) is 24.3 Å². The van der Waals surface area contributed by atoms with Crippen molar-refractivity contribution in [1.29, 1.82) is 0 Å². The molecule has 1 aromatic heterocycles. The summed E-state index contributed by atoms with van der Waals surface area (Å²) in [5, 5.41) is 15.2. The van der Waals surface area contributed by atoms with Crippen LogP contribution in [0.15, 0.2) is 41.8 Å². The molecule has 1 heterocycles. The molecule has 0 aliphatic rings. The standard InChI is InChI=1S/C17H20FNO2S/c1-12(10-15-4-3-9-22-15)16(20)19-11-17(2,21)13-5-7-14(18)8-6-13/h3-9,12,21H,10-11H2,1-2H3,(H,19,20). The summed E-state index contributed by atoms with van der Waals surface area (Å²) in [5.74, 6) is -0.619. The van der Waals surface area contributed by atoms with E-state index in [9.17, 15) is 14.3 Å². The third kappa shape index (κ3) is 4.39. The first-order valence-corrected chi connectivity index (χ1v) is 8.05. The fourth-order valence-electron chi connectivity index (χ4n) is 2.17. The molecular formula is C17H20FNO2S. The first-order valence-electron chi connectivity index (χ1n) is 7.17. The smallest absolute Gasteiger partial charge is 0.223 e. The van der Waals surface area contributed by atoms with Gasteiger partial charge in [0, 0.05) is 10.8 Å². The van der Waals surface area contributed by atoms with Crippen molar-refractivity contribution in [3.8, 4) is 0 Å². The molecule has 0 saturated carbocycles. The second kappa shape index (κ2) is 7.03. The van der Waals surface area contributed by atoms with Gasteiger partial charge in [0.1, 0.15) is 11.4 Å². The number of carbonyl (C=O) groups is 1. The zero-order chi connectivity index (χ0) is 16.2. The molecule has 22 heavy (non-hydrogen) atoms. The summed E-state index contributed by atoms with van der Waals surface area (Å²) in [7, 11) is 0. The number of thiophene rings is 1. The van der Waals surface area contributed by atoms with Crippen LogP contribution in [-0.4, -0.2) is 17.6 Å². The number of hydrogen-bond acceptors (Lipinski definition) is 3. The van der Waals surface area contributed by atoms with Crippen molar-refractivity contribution in [3.05, 3.63) is 58.0 Å². The van der Waals surface area contributed by atoms with Crippen molar-refractivity contribution >= 4 is 17.2 Å². The lowest BCUT2D eigenvalue weighted by molar-refractivity contribution is -0.125. The van der Waals surface area contributed by atoms with Crippen LogP contribution in [0.5, 0.6) is 0 Å². The zero-order valence-electron chi connectivity index (χ0n) is 12.7. The van der Waals surface area contributed by atoms with E-state index in [1.165, 1.54) is 24.3 Å². The van der Waals surface area contributed by atoms with Gasteiger partial charge in [0.2, 0.25) is 5.91 Å². The maximum absolute atomic E-state index is 12.9. The molecule has 2 N–H and O–H groups in total. The molecule has 1 amide bonds. The Morgan fingerprint density at radius 1 is 1.36 bits per heavy atom. The van der Waals surface area contributed by atoms with Gasteiger partial charge in [-0.05, 0) is 42.5 Å². The third-order valence-corrected chi connectivity index (χ3v) is 4.51. The molecule has 0 saturated heterocycles. The summed E-state index contributed by atoms with van der Waals surface area (Å²) in [6, 6.07) is 9.61. The molecule has 0 aliphatic carbocycles. The van der Waals surface area contributed by atoms with Crippen LogP contribution in [0.4, 0.5) is 4.39 Å². The number of amides is 1. The molecule has 2 atom stereocenters. The van der Waals surface area contributed by atoms with E-state index in [-0.39, 0.29) is 24.2 Å². The average molecular weight is 321 g/mol. The third-order valence-electron chi connectivity index (χ3n) is 3.61. The Morgan fingerprint density at radius 3 is 2.64 bits per heavy atom. The number of aliphatic hydroxyl groups is 1. The molecule has 0 bridgehead atoms. The normalized spacial score (nSPS) is 15.1. The van der Waals surface area contributed by atoms with E-state index in [4.69, 9.17) is 0 Å². The van der Waals surface area contributed by atoms with E-state index in [1.807, 2.05) is 24.4 Å². The Bertz CT molecular complexity index is 608. The van der Waals surface area contributed by atoms with Gasteiger partial charge < -0.3 is 10.4 Å². The van der Waals surface area contributed by atoms with Crippen molar-refractivity contribution in [1.82, 2.24) is 5.32 Å². The van der Waals surface area contributed by atoms with E-state index in [2.05, 4.69) is 5.32 Å². The van der Waals surface area contributed by atoms with Gasteiger partial charge in [0.05, 0.1) is 6.54 Å². The van der Waals surface area contributed by atoms with Crippen LogP contribution < -0.4 is 5.32 Å². The number of nitrogens with one attached hydrogen (secondary N) is 1. The molecule has 2 aromatic rings. The minimum Gasteiger partial charge on any atom is -0.384 e. The molecule has 3 nitrogen and oxygen atoms in total. The lowest BCUT2D eigenvalue weighted by atomic mass is 9.95. The van der Waals surface area contributed by atoms with Gasteiger partial charge in [-0.2, -0.15) is 0 Å². The Kier molecular flexibility index (Phi) is 5.32. The second-order valence-electron chi connectivity index (χ2n) is 5.68. The molecule has 5 heteroatoms. The van der Waals surface area contributed by atoms with Crippen LogP contribution in [0.25, 0.3) is 0 Å². The highest BCUT2D eigenvalue weighted by Crippen LogP contribution is 2.20. The molecule has 2 rings (SSSR count). The van der Waals surface area contributed by atoms with Crippen LogP contribution in [0, 0.1) is 11.7 Å². The summed E-state index contributed by atoms with van der Waals surface area (Å²) in [5.41, 5.74) is -0.661. The van der Waals surface area contributed by atoms with Crippen LogP contribution in [-0.2, 0) is 16.8 Å². The Hall–Kier alpha value is -1.72. The maximum Gasteiger partial charge on any atom is 0.223 e. The van der Waals surface area contributed by atoms with Crippen molar-refractivity contribution in [2.75, 3.05) is 6.54 Å². The lowest BCUT2D eigenvalue weighted by Gasteiger charge is -2.25. The fourth-order valence-corrected chi connectivity index (χ4v) is 3.00. The van der Waals surface area contributed by atoms with Crippen LogP contribution >= 0.6 is 11.3 Å². The SMILES string of the molecule is CC(Cc1cccs1)C(=O)NCC(C)(O)c1ccc(F)cc1. The van der Waals surface area contributed by atoms with Crippen LogP contribution in [0.2, 0.25) is 0 Å². The topological polar surface area (TPSA) is 49.3 Å². The summed E-state index contributed by atoms with van der Waals surface area (Å²) in [6.07, 6.45) is 0.683. The number of carbonyl (C=O) groups excluding carboxylic acids is 1. The second-order valence-corrected chi connectivity index (χ2v) is 6.72. The van der Waals surface area contributed by atoms with Crippen molar-refractivity contribution in [2.45, 2.75) is 25.9 Å². The summed E-state index contributed by atoms with van der Waals surface area (Å²) < 4.78 is 12.9.